The fourth-order valence-electron chi connectivity index (χ4n) is 4.03. The summed E-state index contributed by atoms with van der Waals surface area (Å²) in [6, 6.07) is 8.81. The van der Waals surface area contributed by atoms with Crippen LogP contribution in [0.15, 0.2) is 47.5 Å². The van der Waals surface area contributed by atoms with Gasteiger partial charge in [-0.3, -0.25) is 14.5 Å². The molecule has 1 fully saturated rings. The fraction of sp³-hybridized carbons (Fsp3) is 0.286. The lowest BCUT2D eigenvalue weighted by Gasteiger charge is -2.29. The van der Waals surface area contributed by atoms with Crippen LogP contribution in [0.4, 0.5) is 19.0 Å². The number of H-pyrrole nitrogens is 1. The number of hydrogen-bond acceptors (Lipinski definition) is 5. The van der Waals surface area contributed by atoms with Crippen LogP contribution in [0.2, 0.25) is 0 Å². The van der Waals surface area contributed by atoms with Crippen molar-refractivity contribution in [3.05, 3.63) is 53.1 Å². The summed E-state index contributed by atoms with van der Waals surface area (Å²) in [4.78, 5) is 19.4. The maximum atomic E-state index is 13.3. The summed E-state index contributed by atoms with van der Waals surface area (Å²) in [6.45, 7) is 1.12. The number of nitrogens with one attached hydrogen (secondary N) is 1. The van der Waals surface area contributed by atoms with E-state index in [1.165, 1.54) is 6.20 Å². The Bertz CT molecular complexity index is 1320. The number of hydrogen-bond donors (Lipinski definition) is 1. The summed E-state index contributed by atoms with van der Waals surface area (Å²) in [5, 5.41) is 7.22. The molecule has 0 bridgehead atoms. The first-order valence-electron chi connectivity index (χ1n) is 9.77. The van der Waals surface area contributed by atoms with Gasteiger partial charge in [-0.15, -0.1) is 0 Å². The molecule has 31 heavy (non-hydrogen) atoms. The van der Waals surface area contributed by atoms with E-state index in [1.807, 2.05) is 12.1 Å². The van der Waals surface area contributed by atoms with E-state index in [9.17, 15) is 18.0 Å². The van der Waals surface area contributed by atoms with Gasteiger partial charge in [-0.1, -0.05) is 12.1 Å². The maximum absolute atomic E-state index is 13.3. The van der Waals surface area contributed by atoms with Crippen LogP contribution in [0.25, 0.3) is 32.9 Å². The molecule has 0 unspecified atom stereocenters. The van der Waals surface area contributed by atoms with Crippen LogP contribution in [-0.2, 0) is 11.3 Å². The van der Waals surface area contributed by atoms with Gasteiger partial charge in [-0.25, -0.2) is 4.98 Å². The highest BCUT2D eigenvalue weighted by atomic mass is 19.4. The zero-order valence-electron chi connectivity index (χ0n) is 16.3. The monoisotopic (exact) mass is 429 g/mol. The van der Waals surface area contributed by atoms with E-state index in [4.69, 9.17) is 4.74 Å². The van der Waals surface area contributed by atoms with Crippen LogP contribution in [-0.4, -0.2) is 52.2 Å². The molecule has 4 aromatic rings. The number of halogens is 3. The third kappa shape index (κ3) is 3.52. The third-order valence-corrected chi connectivity index (χ3v) is 5.42. The third-order valence-electron chi connectivity index (χ3n) is 5.42. The van der Waals surface area contributed by atoms with Crippen molar-refractivity contribution in [1.29, 1.82) is 0 Å². The molecular formula is C21H18F3N5O2. The van der Waals surface area contributed by atoms with Crippen molar-refractivity contribution in [3.8, 4) is 11.1 Å². The lowest BCUT2D eigenvalue weighted by molar-refractivity contribution is -0.140. The Balaban J connectivity index is 1.73. The minimum atomic E-state index is -4.54. The van der Waals surface area contributed by atoms with Gasteiger partial charge in [0.15, 0.2) is 0 Å². The molecular weight excluding hydrogens is 411 g/mol. The average Bonchev–Trinajstić information content (AvgIpc) is 3.26. The van der Waals surface area contributed by atoms with Crippen molar-refractivity contribution in [2.75, 3.05) is 31.2 Å². The average molecular weight is 429 g/mol. The summed E-state index contributed by atoms with van der Waals surface area (Å²) in [5.41, 5.74) is 1.33. The van der Waals surface area contributed by atoms with Crippen LogP contribution in [0, 0.1) is 0 Å². The van der Waals surface area contributed by atoms with Gasteiger partial charge >= 0.3 is 6.18 Å². The van der Waals surface area contributed by atoms with Crippen LogP contribution >= 0.6 is 0 Å². The van der Waals surface area contributed by atoms with Gasteiger partial charge in [0.2, 0.25) is 0 Å². The van der Waals surface area contributed by atoms with Gasteiger partial charge in [0.1, 0.15) is 12.4 Å². The Morgan fingerprint density at radius 2 is 1.94 bits per heavy atom. The highest BCUT2D eigenvalue weighted by molar-refractivity contribution is 6.04. The number of aromatic nitrogens is 4. The number of alkyl halides is 3. The predicted octanol–water partition coefficient (Wildman–Crippen LogP) is 3.34. The minimum Gasteiger partial charge on any atom is -0.378 e. The van der Waals surface area contributed by atoms with E-state index in [0.717, 1.165) is 15.9 Å². The molecule has 0 saturated carbocycles. The number of fused-ring (bicyclic) bond motifs is 3. The Kier molecular flexibility index (Phi) is 4.66. The Hall–Kier alpha value is -3.40. The molecule has 0 radical (unpaired) electrons. The van der Waals surface area contributed by atoms with Crippen molar-refractivity contribution in [1.82, 2.24) is 19.7 Å². The van der Waals surface area contributed by atoms with Crippen molar-refractivity contribution in [2.45, 2.75) is 12.7 Å². The van der Waals surface area contributed by atoms with E-state index in [2.05, 4.69) is 20.1 Å². The van der Waals surface area contributed by atoms with Crippen molar-refractivity contribution in [2.24, 2.45) is 0 Å². The highest BCUT2D eigenvalue weighted by Crippen LogP contribution is 2.33. The second-order valence-corrected chi connectivity index (χ2v) is 7.37. The Labute approximate surface area is 174 Å². The van der Waals surface area contributed by atoms with E-state index >= 15 is 0 Å². The Morgan fingerprint density at radius 1 is 1.13 bits per heavy atom. The molecule has 10 heteroatoms. The summed E-state index contributed by atoms with van der Waals surface area (Å²) >= 11 is 0. The number of anilines is 1. The van der Waals surface area contributed by atoms with Gasteiger partial charge in [0.05, 0.1) is 35.8 Å². The van der Waals surface area contributed by atoms with Gasteiger partial charge in [0, 0.05) is 30.2 Å². The van der Waals surface area contributed by atoms with E-state index < -0.39 is 18.3 Å². The molecule has 0 spiro atoms. The van der Waals surface area contributed by atoms with Gasteiger partial charge < -0.3 is 9.64 Å². The number of rotatable bonds is 3. The standard InChI is InChI=1S/C21H18F3N5O2/c22-21(23,24)12-29-17-10-13(3-4-15(17)18-16(20(29)30)11-26-27-18)14-2-1-5-25-19(14)28-6-8-31-9-7-28/h1-5,10-11H,6-9,12H2,(H,26,27). The second kappa shape index (κ2) is 7.38. The molecule has 1 aromatic carbocycles. The molecule has 0 atom stereocenters. The molecule has 5 rings (SSSR count). The highest BCUT2D eigenvalue weighted by Gasteiger charge is 2.30. The van der Waals surface area contributed by atoms with Crippen molar-refractivity contribution < 1.29 is 17.9 Å². The lowest BCUT2D eigenvalue weighted by atomic mass is 10.0. The van der Waals surface area contributed by atoms with Gasteiger partial charge in [-0.05, 0) is 23.8 Å². The molecule has 1 N–H and O–H groups in total. The summed E-state index contributed by atoms with van der Waals surface area (Å²) in [7, 11) is 0. The zero-order chi connectivity index (χ0) is 21.6. The number of benzene rings is 1. The Morgan fingerprint density at radius 3 is 2.71 bits per heavy atom. The molecule has 160 valence electrons. The molecule has 3 aromatic heterocycles. The smallest absolute Gasteiger partial charge is 0.378 e. The summed E-state index contributed by atoms with van der Waals surface area (Å²) < 4.78 is 46.1. The molecule has 1 saturated heterocycles. The number of morpholine rings is 1. The largest absolute Gasteiger partial charge is 0.406 e. The zero-order valence-corrected chi connectivity index (χ0v) is 16.3. The number of aromatic amines is 1. The van der Waals surface area contributed by atoms with Gasteiger partial charge in [0.25, 0.3) is 5.56 Å². The second-order valence-electron chi connectivity index (χ2n) is 7.37. The first-order chi connectivity index (χ1) is 14.9. The lowest BCUT2D eigenvalue weighted by Crippen LogP contribution is -2.37. The van der Waals surface area contributed by atoms with Crippen molar-refractivity contribution >= 4 is 27.6 Å². The molecule has 7 nitrogen and oxygen atoms in total. The normalized spacial score (nSPS) is 15.1. The maximum Gasteiger partial charge on any atom is 0.406 e. The van der Waals surface area contributed by atoms with Crippen molar-refractivity contribution in [3.63, 3.8) is 0 Å². The van der Waals surface area contributed by atoms with Crippen LogP contribution in [0.1, 0.15) is 0 Å². The topological polar surface area (TPSA) is 76.0 Å². The quantitative estimate of drug-likeness (QED) is 0.541. The predicted molar refractivity (Wildman–Crippen MR) is 110 cm³/mol. The molecule has 4 heterocycles. The van der Waals surface area contributed by atoms with Gasteiger partial charge in [-0.2, -0.15) is 18.3 Å². The number of nitrogens with zero attached hydrogens (tertiary/aromatic N) is 4. The number of pyridine rings is 2. The first-order valence-corrected chi connectivity index (χ1v) is 9.77. The van der Waals surface area contributed by atoms with E-state index in [0.29, 0.717) is 42.8 Å². The molecule has 1 aliphatic heterocycles. The van der Waals surface area contributed by atoms with Crippen LogP contribution in [0.5, 0.6) is 0 Å². The van der Waals surface area contributed by atoms with E-state index in [-0.39, 0.29) is 10.9 Å². The summed E-state index contributed by atoms with van der Waals surface area (Å²) in [6.07, 6.45) is -1.60. The number of ether oxygens (including phenoxy) is 1. The fourth-order valence-corrected chi connectivity index (χ4v) is 4.03. The van der Waals surface area contributed by atoms with E-state index in [1.54, 1.807) is 24.4 Å². The molecule has 0 aliphatic carbocycles. The van der Waals surface area contributed by atoms with Crippen LogP contribution in [0.3, 0.4) is 0 Å². The molecule has 0 amide bonds. The first kappa shape index (κ1) is 19.6. The van der Waals surface area contributed by atoms with Crippen LogP contribution < -0.4 is 10.5 Å². The molecule has 1 aliphatic rings. The summed E-state index contributed by atoms with van der Waals surface area (Å²) in [5.74, 6) is 0.734. The SMILES string of the molecule is O=c1c2cn[nH]c2c2ccc(-c3cccnc3N3CCOCC3)cc2n1CC(F)(F)F. The minimum absolute atomic E-state index is 0.125.